The molecule has 0 aliphatic rings. The summed E-state index contributed by atoms with van der Waals surface area (Å²) in [6.45, 7) is 2.23. The van der Waals surface area contributed by atoms with Crippen molar-refractivity contribution in [2.24, 2.45) is 5.92 Å². The van der Waals surface area contributed by atoms with Gasteiger partial charge in [0.15, 0.2) is 0 Å². The van der Waals surface area contributed by atoms with Crippen LogP contribution in [0.2, 0.25) is 0 Å². The van der Waals surface area contributed by atoms with Crippen LogP contribution in [0.3, 0.4) is 0 Å². The lowest BCUT2D eigenvalue weighted by molar-refractivity contribution is 0.536. The van der Waals surface area contributed by atoms with Crippen molar-refractivity contribution in [1.82, 2.24) is 0 Å². The van der Waals surface area contributed by atoms with E-state index in [-0.39, 0.29) is 0 Å². The molecule has 0 aliphatic carbocycles. The summed E-state index contributed by atoms with van der Waals surface area (Å²) in [6.07, 6.45) is 3.84. The minimum absolute atomic E-state index is 0.766. The Kier molecular flexibility index (Phi) is 8.67. The summed E-state index contributed by atoms with van der Waals surface area (Å²) in [7, 11) is 0. The summed E-state index contributed by atoms with van der Waals surface area (Å²) < 4.78 is 1.19. The SMILES string of the molecule is CCSCCCC(CBr)Cc1cccc(Br)c1. The lowest BCUT2D eigenvalue weighted by Crippen LogP contribution is -2.06. The normalized spacial score (nSPS) is 12.6. The first-order valence-electron chi connectivity index (χ1n) is 6.14. The van der Waals surface area contributed by atoms with E-state index in [0.29, 0.717) is 0 Å². The molecule has 1 aromatic carbocycles. The highest BCUT2D eigenvalue weighted by molar-refractivity contribution is 9.10. The highest BCUT2D eigenvalue weighted by Crippen LogP contribution is 2.20. The van der Waals surface area contributed by atoms with Crippen molar-refractivity contribution >= 4 is 43.6 Å². The van der Waals surface area contributed by atoms with Crippen LogP contribution in [0, 0.1) is 5.92 Å². The standard InChI is InChI=1S/C14H20Br2S/c1-2-17-8-4-6-13(11-15)9-12-5-3-7-14(16)10-12/h3,5,7,10,13H,2,4,6,8-9,11H2,1H3. The molecule has 0 fully saturated rings. The Balaban J connectivity index is 2.35. The second-order valence-electron chi connectivity index (χ2n) is 4.19. The fourth-order valence-electron chi connectivity index (χ4n) is 1.85. The molecule has 0 bridgehead atoms. The molecule has 1 atom stereocenters. The smallest absolute Gasteiger partial charge is 0.0177 e. The average Bonchev–Trinajstić information content (AvgIpc) is 2.33. The Morgan fingerprint density at radius 1 is 1.35 bits per heavy atom. The maximum Gasteiger partial charge on any atom is 0.0177 e. The van der Waals surface area contributed by atoms with E-state index >= 15 is 0 Å². The molecule has 1 unspecified atom stereocenters. The first-order chi connectivity index (χ1) is 8.26. The van der Waals surface area contributed by atoms with Crippen LogP contribution >= 0.6 is 43.6 Å². The molecule has 1 rings (SSSR count). The summed E-state index contributed by atoms with van der Waals surface area (Å²) in [4.78, 5) is 0. The van der Waals surface area contributed by atoms with Crippen LogP contribution in [0.15, 0.2) is 28.7 Å². The van der Waals surface area contributed by atoms with E-state index in [1.807, 2.05) is 11.8 Å². The van der Waals surface area contributed by atoms with Gasteiger partial charge < -0.3 is 0 Å². The highest BCUT2D eigenvalue weighted by atomic mass is 79.9. The van der Waals surface area contributed by atoms with Gasteiger partial charge in [0.2, 0.25) is 0 Å². The predicted octanol–water partition coefficient (Wildman–Crippen LogP) is 5.54. The van der Waals surface area contributed by atoms with Gasteiger partial charge >= 0.3 is 0 Å². The van der Waals surface area contributed by atoms with Crippen molar-refractivity contribution < 1.29 is 0 Å². The zero-order valence-electron chi connectivity index (χ0n) is 10.3. The minimum atomic E-state index is 0.766. The molecular weight excluding hydrogens is 360 g/mol. The summed E-state index contributed by atoms with van der Waals surface area (Å²) >= 11 is 9.22. The molecule has 0 aromatic heterocycles. The topological polar surface area (TPSA) is 0 Å². The van der Waals surface area contributed by atoms with Crippen LogP contribution in [0.4, 0.5) is 0 Å². The van der Waals surface area contributed by atoms with E-state index in [9.17, 15) is 0 Å². The summed E-state index contributed by atoms with van der Waals surface area (Å²) in [5, 5.41) is 1.11. The molecule has 0 N–H and O–H groups in total. The van der Waals surface area contributed by atoms with E-state index in [1.54, 1.807) is 0 Å². The van der Waals surface area contributed by atoms with Gasteiger partial charge in [-0.1, -0.05) is 50.9 Å². The largest absolute Gasteiger partial charge is 0.162 e. The zero-order valence-corrected chi connectivity index (χ0v) is 14.3. The van der Waals surface area contributed by atoms with Crippen LogP contribution in [0.25, 0.3) is 0 Å². The first kappa shape index (κ1) is 15.6. The molecule has 3 heteroatoms. The quantitative estimate of drug-likeness (QED) is 0.422. The molecular formula is C14H20Br2S. The number of alkyl halides is 1. The molecule has 0 heterocycles. The molecule has 0 saturated carbocycles. The predicted molar refractivity (Wildman–Crippen MR) is 87.4 cm³/mol. The van der Waals surface area contributed by atoms with Gasteiger partial charge in [-0.05, 0) is 54.4 Å². The van der Waals surface area contributed by atoms with Gasteiger partial charge in [-0.2, -0.15) is 11.8 Å². The molecule has 0 amide bonds. The Morgan fingerprint density at radius 3 is 2.82 bits per heavy atom. The molecule has 17 heavy (non-hydrogen) atoms. The molecule has 1 aromatic rings. The summed E-state index contributed by atoms with van der Waals surface area (Å²) in [5.74, 6) is 3.31. The number of thioether (sulfide) groups is 1. The molecule has 0 spiro atoms. The fourth-order valence-corrected chi connectivity index (χ4v) is 3.51. The van der Waals surface area contributed by atoms with Crippen molar-refractivity contribution in [3.05, 3.63) is 34.3 Å². The van der Waals surface area contributed by atoms with Gasteiger partial charge in [0.05, 0.1) is 0 Å². The van der Waals surface area contributed by atoms with Crippen LogP contribution in [-0.4, -0.2) is 16.8 Å². The Hall–Kier alpha value is 0.530. The molecule has 96 valence electrons. The second kappa shape index (κ2) is 9.46. The third-order valence-electron chi connectivity index (χ3n) is 2.74. The maximum absolute atomic E-state index is 3.64. The number of hydrogen-bond donors (Lipinski definition) is 0. The Morgan fingerprint density at radius 2 is 2.18 bits per heavy atom. The van der Waals surface area contributed by atoms with E-state index < -0.39 is 0 Å². The molecule has 0 aliphatic heterocycles. The fraction of sp³-hybridized carbons (Fsp3) is 0.571. The number of rotatable bonds is 8. The number of halogens is 2. The lowest BCUT2D eigenvalue weighted by Gasteiger charge is -2.14. The van der Waals surface area contributed by atoms with E-state index in [0.717, 1.165) is 11.2 Å². The van der Waals surface area contributed by atoms with Gasteiger partial charge in [0, 0.05) is 9.80 Å². The van der Waals surface area contributed by atoms with Crippen molar-refractivity contribution in [2.45, 2.75) is 26.2 Å². The van der Waals surface area contributed by atoms with Crippen LogP contribution < -0.4 is 0 Å². The molecule has 0 nitrogen and oxygen atoms in total. The van der Waals surface area contributed by atoms with Crippen molar-refractivity contribution in [2.75, 3.05) is 16.8 Å². The highest BCUT2D eigenvalue weighted by Gasteiger charge is 2.08. The summed E-state index contributed by atoms with van der Waals surface area (Å²) in [6, 6.07) is 8.67. The lowest BCUT2D eigenvalue weighted by atomic mass is 9.97. The van der Waals surface area contributed by atoms with Crippen LogP contribution in [0.5, 0.6) is 0 Å². The van der Waals surface area contributed by atoms with Crippen molar-refractivity contribution in [3.8, 4) is 0 Å². The van der Waals surface area contributed by atoms with Crippen molar-refractivity contribution in [1.29, 1.82) is 0 Å². The van der Waals surface area contributed by atoms with Gasteiger partial charge in [0.1, 0.15) is 0 Å². The molecule has 0 saturated heterocycles. The second-order valence-corrected chi connectivity index (χ2v) is 7.15. The molecule has 0 radical (unpaired) electrons. The van der Waals surface area contributed by atoms with E-state index in [4.69, 9.17) is 0 Å². The van der Waals surface area contributed by atoms with Gasteiger partial charge in [-0.3, -0.25) is 0 Å². The maximum atomic E-state index is 3.64. The Bertz CT molecular complexity index is 315. The van der Waals surface area contributed by atoms with E-state index in [1.165, 1.54) is 40.8 Å². The third kappa shape index (κ3) is 6.88. The van der Waals surface area contributed by atoms with E-state index in [2.05, 4.69) is 63.0 Å². The van der Waals surface area contributed by atoms with Gasteiger partial charge in [-0.25, -0.2) is 0 Å². The van der Waals surface area contributed by atoms with Gasteiger partial charge in [-0.15, -0.1) is 0 Å². The Labute approximate surface area is 126 Å². The van der Waals surface area contributed by atoms with Crippen LogP contribution in [0.1, 0.15) is 25.3 Å². The number of benzene rings is 1. The van der Waals surface area contributed by atoms with Crippen LogP contribution in [-0.2, 0) is 6.42 Å². The average molecular weight is 380 g/mol. The zero-order chi connectivity index (χ0) is 12.5. The summed E-state index contributed by atoms with van der Waals surface area (Å²) in [5.41, 5.74) is 1.44. The van der Waals surface area contributed by atoms with Gasteiger partial charge in [0.25, 0.3) is 0 Å². The first-order valence-corrected chi connectivity index (χ1v) is 9.21. The van der Waals surface area contributed by atoms with Crippen molar-refractivity contribution in [3.63, 3.8) is 0 Å². The minimum Gasteiger partial charge on any atom is -0.162 e. The third-order valence-corrected chi connectivity index (χ3v) is 5.13. The number of hydrogen-bond acceptors (Lipinski definition) is 1. The monoisotopic (exact) mass is 378 g/mol.